The van der Waals surface area contributed by atoms with E-state index >= 15 is 0 Å². The molecule has 0 aromatic heterocycles. The van der Waals surface area contributed by atoms with Gasteiger partial charge in [0.15, 0.2) is 0 Å². The SMILES string of the molecule is CCN(CC)CCCNC(=O)N/C=C/C1CCCCC1. The minimum atomic E-state index is -0.0865. The van der Waals surface area contributed by atoms with Crippen LogP contribution >= 0.6 is 0 Å². The Morgan fingerprint density at radius 3 is 2.55 bits per heavy atom. The lowest BCUT2D eigenvalue weighted by atomic mass is 9.89. The third-order valence-corrected chi connectivity index (χ3v) is 4.06. The predicted molar refractivity (Wildman–Crippen MR) is 84.7 cm³/mol. The molecule has 20 heavy (non-hydrogen) atoms. The van der Waals surface area contributed by atoms with E-state index in [2.05, 4.69) is 35.5 Å². The smallest absolute Gasteiger partial charge is 0.318 e. The van der Waals surface area contributed by atoms with Crippen molar-refractivity contribution in [3.05, 3.63) is 12.3 Å². The monoisotopic (exact) mass is 281 g/mol. The molecular weight excluding hydrogens is 250 g/mol. The molecule has 0 spiro atoms. The lowest BCUT2D eigenvalue weighted by Gasteiger charge is -2.18. The molecule has 0 saturated heterocycles. The van der Waals surface area contributed by atoms with Gasteiger partial charge in [-0.05, 0) is 44.8 Å². The van der Waals surface area contributed by atoms with Gasteiger partial charge in [0.05, 0.1) is 0 Å². The van der Waals surface area contributed by atoms with Gasteiger partial charge >= 0.3 is 6.03 Å². The maximum atomic E-state index is 11.6. The van der Waals surface area contributed by atoms with Crippen molar-refractivity contribution in [2.45, 2.75) is 52.4 Å². The third-order valence-electron chi connectivity index (χ3n) is 4.06. The fourth-order valence-electron chi connectivity index (χ4n) is 2.68. The Bertz CT molecular complexity index is 281. The molecule has 4 heteroatoms. The van der Waals surface area contributed by atoms with Gasteiger partial charge in [-0.1, -0.05) is 39.2 Å². The second-order valence-electron chi connectivity index (χ2n) is 5.54. The zero-order valence-electron chi connectivity index (χ0n) is 13.2. The number of carbonyl (C=O) groups is 1. The Labute approximate surface area is 124 Å². The molecule has 2 N–H and O–H groups in total. The number of hydrogen-bond donors (Lipinski definition) is 2. The van der Waals surface area contributed by atoms with E-state index in [4.69, 9.17) is 0 Å². The second kappa shape index (κ2) is 10.7. The normalized spacial score (nSPS) is 16.8. The van der Waals surface area contributed by atoms with Crippen molar-refractivity contribution in [2.75, 3.05) is 26.2 Å². The van der Waals surface area contributed by atoms with Crippen LogP contribution in [0.25, 0.3) is 0 Å². The number of rotatable bonds is 8. The van der Waals surface area contributed by atoms with E-state index in [1.807, 2.05) is 6.20 Å². The minimum Gasteiger partial charge on any atom is -0.338 e. The van der Waals surface area contributed by atoms with Gasteiger partial charge in [-0.2, -0.15) is 0 Å². The summed E-state index contributed by atoms with van der Waals surface area (Å²) in [7, 11) is 0. The topological polar surface area (TPSA) is 44.4 Å². The van der Waals surface area contributed by atoms with Crippen LogP contribution in [0.4, 0.5) is 4.79 Å². The summed E-state index contributed by atoms with van der Waals surface area (Å²) < 4.78 is 0. The van der Waals surface area contributed by atoms with Gasteiger partial charge in [-0.3, -0.25) is 0 Å². The van der Waals surface area contributed by atoms with Crippen LogP contribution in [0.15, 0.2) is 12.3 Å². The van der Waals surface area contributed by atoms with E-state index in [0.717, 1.165) is 32.6 Å². The highest BCUT2D eigenvalue weighted by Crippen LogP contribution is 2.24. The average molecular weight is 281 g/mol. The first-order valence-electron chi connectivity index (χ1n) is 8.19. The second-order valence-corrected chi connectivity index (χ2v) is 5.54. The quantitative estimate of drug-likeness (QED) is 0.671. The van der Waals surface area contributed by atoms with Crippen molar-refractivity contribution < 1.29 is 4.79 Å². The maximum Gasteiger partial charge on any atom is 0.318 e. The number of nitrogens with zero attached hydrogens (tertiary/aromatic N) is 1. The molecule has 1 rings (SSSR count). The summed E-state index contributed by atoms with van der Waals surface area (Å²) in [4.78, 5) is 13.9. The summed E-state index contributed by atoms with van der Waals surface area (Å²) in [5, 5.41) is 5.70. The molecule has 0 unspecified atom stereocenters. The molecule has 4 nitrogen and oxygen atoms in total. The van der Waals surface area contributed by atoms with E-state index < -0.39 is 0 Å². The van der Waals surface area contributed by atoms with Gasteiger partial charge in [0.2, 0.25) is 0 Å². The van der Waals surface area contributed by atoms with E-state index in [9.17, 15) is 4.79 Å². The zero-order chi connectivity index (χ0) is 14.6. The summed E-state index contributed by atoms with van der Waals surface area (Å²) in [6.07, 6.45) is 11.5. The number of amides is 2. The summed E-state index contributed by atoms with van der Waals surface area (Å²) >= 11 is 0. The molecule has 1 aliphatic carbocycles. The van der Waals surface area contributed by atoms with Crippen LogP contribution in [0.2, 0.25) is 0 Å². The van der Waals surface area contributed by atoms with Crippen molar-refractivity contribution in [1.29, 1.82) is 0 Å². The summed E-state index contributed by atoms with van der Waals surface area (Å²) in [6, 6.07) is -0.0865. The fraction of sp³-hybridized carbons (Fsp3) is 0.812. The molecule has 0 radical (unpaired) electrons. The lowest BCUT2D eigenvalue weighted by Crippen LogP contribution is -2.34. The molecule has 1 aliphatic rings. The highest BCUT2D eigenvalue weighted by atomic mass is 16.2. The van der Waals surface area contributed by atoms with Crippen LogP contribution in [0.5, 0.6) is 0 Å². The molecule has 1 fully saturated rings. The Morgan fingerprint density at radius 2 is 1.90 bits per heavy atom. The highest BCUT2D eigenvalue weighted by molar-refractivity contribution is 5.74. The van der Waals surface area contributed by atoms with E-state index in [-0.39, 0.29) is 6.03 Å². The molecule has 0 aromatic carbocycles. The standard InChI is InChI=1S/C16H31N3O/c1-3-19(4-2)14-8-12-17-16(20)18-13-11-15-9-6-5-7-10-15/h11,13,15H,3-10,12,14H2,1-2H3,(H2,17,18,20)/b13-11+. The zero-order valence-corrected chi connectivity index (χ0v) is 13.2. The molecule has 0 atom stereocenters. The predicted octanol–water partition coefficient (Wildman–Crippen LogP) is 3.11. The Kier molecular flexibility index (Phi) is 9.13. The van der Waals surface area contributed by atoms with Crippen molar-refractivity contribution in [2.24, 2.45) is 5.92 Å². The fourth-order valence-corrected chi connectivity index (χ4v) is 2.68. The van der Waals surface area contributed by atoms with Gasteiger partial charge < -0.3 is 15.5 Å². The molecule has 116 valence electrons. The van der Waals surface area contributed by atoms with Crippen LogP contribution in [0.3, 0.4) is 0 Å². The van der Waals surface area contributed by atoms with Gasteiger partial charge in [0, 0.05) is 12.7 Å². The van der Waals surface area contributed by atoms with Gasteiger partial charge in [-0.15, -0.1) is 0 Å². The number of hydrogen-bond acceptors (Lipinski definition) is 2. The molecule has 0 bridgehead atoms. The molecule has 0 aliphatic heterocycles. The Hall–Kier alpha value is -1.03. The number of carbonyl (C=O) groups excluding carboxylic acids is 1. The summed E-state index contributed by atoms with van der Waals surface area (Å²) in [5.74, 6) is 0.659. The molecular formula is C16H31N3O. The van der Waals surface area contributed by atoms with E-state index in [0.29, 0.717) is 5.92 Å². The van der Waals surface area contributed by atoms with Crippen molar-refractivity contribution in [3.63, 3.8) is 0 Å². The Balaban J connectivity index is 2.03. The third kappa shape index (κ3) is 7.53. The minimum absolute atomic E-state index is 0.0865. The van der Waals surface area contributed by atoms with E-state index in [1.54, 1.807) is 0 Å². The van der Waals surface area contributed by atoms with Crippen LogP contribution in [0.1, 0.15) is 52.4 Å². The van der Waals surface area contributed by atoms with Crippen molar-refractivity contribution in [1.82, 2.24) is 15.5 Å². The van der Waals surface area contributed by atoms with Gasteiger partial charge in [-0.25, -0.2) is 4.79 Å². The molecule has 0 aromatic rings. The van der Waals surface area contributed by atoms with E-state index in [1.165, 1.54) is 32.1 Å². The van der Waals surface area contributed by atoms with Crippen molar-refractivity contribution >= 4 is 6.03 Å². The molecule has 1 saturated carbocycles. The Morgan fingerprint density at radius 1 is 1.20 bits per heavy atom. The van der Waals surface area contributed by atoms with Crippen LogP contribution < -0.4 is 10.6 Å². The van der Waals surface area contributed by atoms with Gasteiger partial charge in [0.25, 0.3) is 0 Å². The maximum absolute atomic E-state index is 11.6. The van der Waals surface area contributed by atoms with Crippen LogP contribution in [0, 0.1) is 5.92 Å². The number of urea groups is 1. The summed E-state index contributed by atoms with van der Waals surface area (Å²) in [6.45, 7) is 8.27. The summed E-state index contributed by atoms with van der Waals surface area (Å²) in [5.41, 5.74) is 0. The first kappa shape index (κ1) is 17.0. The van der Waals surface area contributed by atoms with Crippen molar-refractivity contribution in [3.8, 4) is 0 Å². The highest BCUT2D eigenvalue weighted by Gasteiger charge is 2.09. The molecule has 0 heterocycles. The van der Waals surface area contributed by atoms with Crippen LogP contribution in [-0.4, -0.2) is 37.1 Å². The first-order chi connectivity index (χ1) is 9.76. The largest absolute Gasteiger partial charge is 0.338 e. The van der Waals surface area contributed by atoms with Crippen LogP contribution in [-0.2, 0) is 0 Å². The number of allylic oxidation sites excluding steroid dienone is 1. The molecule has 2 amide bonds. The average Bonchev–Trinajstić information content (AvgIpc) is 2.48. The number of nitrogens with one attached hydrogen (secondary N) is 2. The van der Waals surface area contributed by atoms with Gasteiger partial charge in [0.1, 0.15) is 0 Å². The first-order valence-corrected chi connectivity index (χ1v) is 8.19. The lowest BCUT2D eigenvalue weighted by molar-refractivity contribution is 0.242.